The van der Waals surface area contributed by atoms with E-state index in [0.29, 0.717) is 11.1 Å². The molecule has 0 fully saturated rings. The zero-order chi connectivity index (χ0) is 15.4. The van der Waals surface area contributed by atoms with Crippen LogP contribution < -0.4 is 5.32 Å². The number of ether oxygens (including phenoxy) is 2. The van der Waals surface area contributed by atoms with Crippen LogP contribution in [0.25, 0.3) is 10.9 Å². The lowest BCUT2D eigenvalue weighted by Gasteiger charge is -2.22. The Bertz CT molecular complexity index is 644. The summed E-state index contributed by atoms with van der Waals surface area (Å²) in [7, 11) is 3.05. The monoisotopic (exact) mass is 308 g/mol. The molecular formula is C15H17ClN2O3. The molecule has 1 amide bonds. The molecule has 0 radical (unpaired) electrons. The molecule has 0 bridgehead atoms. The van der Waals surface area contributed by atoms with Gasteiger partial charge in [-0.25, -0.2) is 4.98 Å². The number of rotatable bonds is 5. The number of para-hydroxylation sites is 1. The van der Waals surface area contributed by atoms with Gasteiger partial charge in [0.25, 0.3) is 5.91 Å². The number of pyridine rings is 1. The Morgan fingerprint density at radius 3 is 2.62 bits per heavy atom. The van der Waals surface area contributed by atoms with Crippen LogP contribution in [0.1, 0.15) is 17.3 Å². The van der Waals surface area contributed by atoms with Crippen molar-refractivity contribution >= 4 is 28.4 Å². The van der Waals surface area contributed by atoms with Gasteiger partial charge in [0, 0.05) is 19.6 Å². The Morgan fingerprint density at radius 2 is 1.95 bits per heavy atom. The van der Waals surface area contributed by atoms with Crippen molar-refractivity contribution in [3.05, 3.63) is 41.0 Å². The lowest BCUT2D eigenvalue weighted by molar-refractivity contribution is -0.117. The zero-order valence-electron chi connectivity index (χ0n) is 12.1. The highest BCUT2D eigenvalue weighted by Crippen LogP contribution is 2.21. The van der Waals surface area contributed by atoms with Gasteiger partial charge in [-0.05, 0) is 19.1 Å². The van der Waals surface area contributed by atoms with Crippen molar-refractivity contribution in [2.75, 3.05) is 14.2 Å². The maximum atomic E-state index is 12.4. The van der Waals surface area contributed by atoms with E-state index in [-0.39, 0.29) is 17.1 Å². The van der Waals surface area contributed by atoms with Crippen LogP contribution in [0, 0.1) is 0 Å². The number of hydrogen-bond donors (Lipinski definition) is 1. The van der Waals surface area contributed by atoms with Crippen molar-refractivity contribution in [1.29, 1.82) is 0 Å². The number of hydrogen-bond acceptors (Lipinski definition) is 4. The molecule has 1 unspecified atom stereocenters. The summed E-state index contributed by atoms with van der Waals surface area (Å²) in [5.74, 6) is -0.248. The van der Waals surface area contributed by atoms with Gasteiger partial charge < -0.3 is 14.8 Å². The number of aromatic nitrogens is 1. The summed E-state index contributed by atoms with van der Waals surface area (Å²) in [4.78, 5) is 16.7. The fourth-order valence-corrected chi connectivity index (χ4v) is 2.39. The van der Waals surface area contributed by atoms with Gasteiger partial charge >= 0.3 is 0 Å². The van der Waals surface area contributed by atoms with Gasteiger partial charge in [-0.1, -0.05) is 29.8 Å². The van der Waals surface area contributed by atoms with Gasteiger partial charge in [-0.3, -0.25) is 4.79 Å². The topological polar surface area (TPSA) is 60.5 Å². The number of fused-ring (bicyclic) bond motifs is 1. The third-order valence-electron chi connectivity index (χ3n) is 3.16. The first-order chi connectivity index (χ1) is 10.1. The minimum absolute atomic E-state index is 0.248. The first-order valence-corrected chi connectivity index (χ1v) is 6.86. The smallest absolute Gasteiger partial charge is 0.252 e. The Morgan fingerprint density at radius 1 is 1.29 bits per heavy atom. The molecule has 0 spiro atoms. The Hall–Kier alpha value is -1.69. The maximum absolute atomic E-state index is 12.4. The van der Waals surface area contributed by atoms with Crippen LogP contribution in [0.15, 0.2) is 30.3 Å². The van der Waals surface area contributed by atoms with Crippen LogP contribution in [0.2, 0.25) is 5.15 Å². The average molecular weight is 309 g/mol. The van der Waals surface area contributed by atoms with Crippen LogP contribution in [-0.2, 0) is 9.47 Å². The fourth-order valence-electron chi connectivity index (χ4n) is 2.19. The highest BCUT2D eigenvalue weighted by atomic mass is 35.5. The summed E-state index contributed by atoms with van der Waals surface area (Å²) in [6.07, 6.45) is -0.516. The van der Waals surface area contributed by atoms with Crippen molar-refractivity contribution in [3.63, 3.8) is 0 Å². The van der Waals surface area contributed by atoms with Crippen molar-refractivity contribution < 1.29 is 14.3 Å². The molecule has 112 valence electrons. The summed E-state index contributed by atoms with van der Waals surface area (Å²) >= 11 is 5.98. The van der Waals surface area contributed by atoms with E-state index in [1.165, 1.54) is 14.2 Å². The largest absolute Gasteiger partial charge is 0.354 e. The molecule has 1 aromatic heterocycles. The molecule has 6 heteroatoms. The molecule has 0 aliphatic rings. The molecule has 0 saturated heterocycles. The summed E-state index contributed by atoms with van der Waals surface area (Å²) in [5, 5.41) is 3.87. The van der Waals surface area contributed by atoms with Crippen LogP contribution in [0.5, 0.6) is 0 Å². The maximum Gasteiger partial charge on any atom is 0.252 e. The number of amides is 1. The van der Waals surface area contributed by atoms with E-state index in [9.17, 15) is 4.79 Å². The van der Waals surface area contributed by atoms with Crippen molar-refractivity contribution in [2.45, 2.75) is 19.3 Å². The second-order valence-electron chi connectivity index (χ2n) is 4.61. The molecule has 1 N–H and O–H groups in total. The number of nitrogens with zero attached hydrogens (tertiary/aromatic N) is 1. The van der Waals surface area contributed by atoms with Crippen LogP contribution in [-0.4, -0.2) is 37.4 Å². The normalized spacial score (nSPS) is 12.6. The summed E-state index contributed by atoms with van der Waals surface area (Å²) in [6, 6.07) is 8.60. The number of methoxy groups -OCH3 is 2. The predicted octanol–water partition coefficient (Wildman–Crippen LogP) is 2.63. The lowest BCUT2D eigenvalue weighted by Crippen LogP contribution is -2.43. The molecule has 0 saturated carbocycles. The van der Waals surface area contributed by atoms with E-state index in [1.807, 2.05) is 24.3 Å². The molecule has 0 aliphatic heterocycles. The first kappa shape index (κ1) is 15.7. The Labute approximate surface area is 128 Å². The van der Waals surface area contributed by atoms with E-state index in [0.717, 1.165) is 5.39 Å². The zero-order valence-corrected chi connectivity index (χ0v) is 12.8. The molecule has 1 aromatic carbocycles. The van der Waals surface area contributed by atoms with Gasteiger partial charge in [0.05, 0.1) is 17.1 Å². The van der Waals surface area contributed by atoms with Crippen LogP contribution in [0.4, 0.5) is 0 Å². The quantitative estimate of drug-likeness (QED) is 0.681. The fraction of sp³-hybridized carbons (Fsp3) is 0.333. The minimum atomic E-state index is -0.516. The standard InChI is InChI=1S/C15H17ClN2O3/c1-9(15(20-2)21-3)17-14(19)11-8-13(16)18-12-7-5-4-6-10(11)12/h4-9,15H,1-3H3,(H,17,19). The SMILES string of the molecule is COC(OC)C(C)NC(=O)c1cc(Cl)nc2ccccc12. The van der Waals surface area contributed by atoms with Crippen molar-refractivity contribution in [1.82, 2.24) is 10.3 Å². The lowest BCUT2D eigenvalue weighted by atomic mass is 10.1. The highest BCUT2D eigenvalue weighted by Gasteiger charge is 2.20. The molecule has 0 aliphatic carbocycles. The Kier molecular flexibility index (Phi) is 5.12. The number of carbonyl (C=O) groups is 1. The van der Waals surface area contributed by atoms with E-state index < -0.39 is 6.29 Å². The van der Waals surface area contributed by atoms with Gasteiger partial charge in [0.2, 0.25) is 0 Å². The molecular weight excluding hydrogens is 292 g/mol. The van der Waals surface area contributed by atoms with Gasteiger partial charge in [0.1, 0.15) is 5.15 Å². The third kappa shape index (κ3) is 3.50. The van der Waals surface area contributed by atoms with Crippen LogP contribution in [0.3, 0.4) is 0 Å². The number of nitrogens with one attached hydrogen (secondary N) is 1. The molecule has 1 atom stereocenters. The second kappa shape index (κ2) is 6.85. The van der Waals surface area contributed by atoms with E-state index >= 15 is 0 Å². The molecule has 21 heavy (non-hydrogen) atoms. The van der Waals surface area contributed by atoms with Gasteiger partial charge in [-0.2, -0.15) is 0 Å². The Balaban J connectivity index is 2.31. The molecule has 5 nitrogen and oxygen atoms in total. The first-order valence-electron chi connectivity index (χ1n) is 6.48. The highest BCUT2D eigenvalue weighted by molar-refractivity contribution is 6.30. The van der Waals surface area contributed by atoms with E-state index in [2.05, 4.69) is 10.3 Å². The molecule has 1 heterocycles. The summed E-state index contributed by atoms with van der Waals surface area (Å²) in [6.45, 7) is 1.81. The van der Waals surface area contributed by atoms with E-state index in [1.54, 1.807) is 13.0 Å². The van der Waals surface area contributed by atoms with Crippen molar-refractivity contribution in [2.24, 2.45) is 0 Å². The molecule has 2 aromatic rings. The predicted molar refractivity (Wildman–Crippen MR) is 81.5 cm³/mol. The number of carbonyl (C=O) groups excluding carboxylic acids is 1. The van der Waals surface area contributed by atoms with Crippen molar-refractivity contribution in [3.8, 4) is 0 Å². The minimum Gasteiger partial charge on any atom is -0.354 e. The summed E-state index contributed by atoms with van der Waals surface area (Å²) < 4.78 is 10.3. The van der Waals surface area contributed by atoms with Crippen LogP contribution >= 0.6 is 11.6 Å². The van der Waals surface area contributed by atoms with E-state index in [4.69, 9.17) is 21.1 Å². The number of halogens is 1. The molecule has 2 rings (SSSR count). The van der Waals surface area contributed by atoms with Gasteiger partial charge in [0.15, 0.2) is 6.29 Å². The second-order valence-corrected chi connectivity index (χ2v) is 5.00. The summed E-state index contributed by atoms with van der Waals surface area (Å²) in [5.41, 5.74) is 1.15. The third-order valence-corrected chi connectivity index (χ3v) is 3.35. The van der Waals surface area contributed by atoms with Gasteiger partial charge in [-0.15, -0.1) is 0 Å². The average Bonchev–Trinajstić information content (AvgIpc) is 2.47. The number of benzene rings is 1.